The quantitative estimate of drug-likeness (QED) is 0.265. The second-order valence-electron chi connectivity index (χ2n) is 9.13. The van der Waals surface area contributed by atoms with Crippen LogP contribution < -0.4 is 14.5 Å². The van der Waals surface area contributed by atoms with E-state index in [1.807, 2.05) is 97.7 Å². The molecule has 0 N–H and O–H groups in total. The van der Waals surface area contributed by atoms with Crippen LogP contribution in [0.2, 0.25) is 10.0 Å². The van der Waals surface area contributed by atoms with Crippen LogP contribution in [0.25, 0.3) is 0 Å². The number of carbonyl (C=O) groups is 1. The summed E-state index contributed by atoms with van der Waals surface area (Å²) < 4.78 is 12.7. The predicted octanol–water partition coefficient (Wildman–Crippen LogP) is 7.40. The van der Waals surface area contributed by atoms with Crippen molar-refractivity contribution >= 4 is 46.2 Å². The average molecular weight is 517 g/mol. The van der Waals surface area contributed by atoms with E-state index in [0.717, 1.165) is 33.8 Å². The van der Waals surface area contributed by atoms with Crippen molar-refractivity contribution in [3.05, 3.63) is 111 Å². The predicted molar refractivity (Wildman–Crippen MR) is 144 cm³/mol. The SMILES string of the molecule is CN(C)c1ccc2c(c1)Oc1ccc(N(C)c3ccc(Cl)c(Cl)c3)cc1C21OC(=O)c2ccccc21. The molecular formula is C29H22Cl2N2O3. The van der Waals surface area contributed by atoms with Crippen molar-refractivity contribution in [3.8, 4) is 11.5 Å². The first-order valence-electron chi connectivity index (χ1n) is 11.5. The lowest BCUT2D eigenvalue weighted by molar-refractivity contribution is 0.0224. The Balaban J connectivity index is 1.57. The fourth-order valence-corrected chi connectivity index (χ4v) is 5.27. The molecule has 0 fully saturated rings. The third kappa shape index (κ3) is 3.27. The number of carbonyl (C=O) groups excluding carboxylic acids is 1. The van der Waals surface area contributed by atoms with E-state index in [4.69, 9.17) is 32.7 Å². The Kier molecular flexibility index (Phi) is 5.18. The van der Waals surface area contributed by atoms with E-state index in [1.54, 1.807) is 12.1 Å². The third-order valence-electron chi connectivity index (χ3n) is 6.87. The molecule has 1 spiro atoms. The van der Waals surface area contributed by atoms with Gasteiger partial charge in [0.15, 0.2) is 5.60 Å². The maximum atomic E-state index is 13.1. The van der Waals surface area contributed by atoms with Gasteiger partial charge in [0.1, 0.15) is 11.5 Å². The van der Waals surface area contributed by atoms with Gasteiger partial charge in [0, 0.05) is 61.0 Å². The summed E-state index contributed by atoms with van der Waals surface area (Å²) in [5, 5.41) is 0.970. The van der Waals surface area contributed by atoms with Gasteiger partial charge >= 0.3 is 5.97 Å². The minimum atomic E-state index is -1.13. The largest absolute Gasteiger partial charge is 0.456 e. The molecule has 0 aromatic heterocycles. The van der Waals surface area contributed by atoms with Crippen molar-refractivity contribution in [2.75, 3.05) is 30.9 Å². The zero-order valence-electron chi connectivity index (χ0n) is 19.9. The highest BCUT2D eigenvalue weighted by Crippen LogP contribution is 2.57. The Morgan fingerprint density at radius 1 is 0.694 bits per heavy atom. The van der Waals surface area contributed by atoms with Gasteiger partial charge in [0.05, 0.1) is 15.6 Å². The van der Waals surface area contributed by atoms with Crippen LogP contribution >= 0.6 is 23.2 Å². The van der Waals surface area contributed by atoms with Crippen molar-refractivity contribution < 1.29 is 14.3 Å². The van der Waals surface area contributed by atoms with Crippen molar-refractivity contribution in [2.24, 2.45) is 0 Å². The molecule has 2 heterocycles. The van der Waals surface area contributed by atoms with Crippen LogP contribution in [0.5, 0.6) is 11.5 Å². The molecule has 2 aliphatic rings. The first-order chi connectivity index (χ1) is 17.3. The van der Waals surface area contributed by atoms with Crippen molar-refractivity contribution in [1.82, 2.24) is 0 Å². The number of hydrogen-bond acceptors (Lipinski definition) is 5. The van der Waals surface area contributed by atoms with Crippen LogP contribution in [0.4, 0.5) is 17.1 Å². The minimum Gasteiger partial charge on any atom is -0.456 e. The Hall–Kier alpha value is -3.67. The van der Waals surface area contributed by atoms with E-state index in [2.05, 4.69) is 0 Å². The number of anilines is 3. The summed E-state index contributed by atoms with van der Waals surface area (Å²) in [6.45, 7) is 0. The zero-order chi connectivity index (χ0) is 25.2. The number of halogens is 2. The molecule has 4 aromatic carbocycles. The summed E-state index contributed by atoms with van der Waals surface area (Å²) in [7, 11) is 5.90. The Morgan fingerprint density at radius 2 is 1.42 bits per heavy atom. The molecule has 0 bridgehead atoms. The van der Waals surface area contributed by atoms with Crippen LogP contribution in [0.1, 0.15) is 27.0 Å². The summed E-state index contributed by atoms with van der Waals surface area (Å²) >= 11 is 12.4. The molecule has 180 valence electrons. The Labute approximate surface area is 219 Å². The lowest BCUT2D eigenvalue weighted by atomic mass is 9.77. The molecule has 5 nitrogen and oxygen atoms in total. The molecule has 4 aromatic rings. The van der Waals surface area contributed by atoms with Gasteiger partial charge < -0.3 is 19.3 Å². The number of rotatable bonds is 3. The number of hydrogen-bond donors (Lipinski definition) is 0. The van der Waals surface area contributed by atoms with Gasteiger partial charge in [-0.15, -0.1) is 0 Å². The van der Waals surface area contributed by atoms with Crippen molar-refractivity contribution in [1.29, 1.82) is 0 Å². The normalized spacial score (nSPS) is 17.1. The minimum absolute atomic E-state index is 0.357. The smallest absolute Gasteiger partial charge is 0.340 e. The number of benzene rings is 4. The average Bonchev–Trinajstić information content (AvgIpc) is 3.18. The van der Waals surface area contributed by atoms with Gasteiger partial charge in [-0.3, -0.25) is 0 Å². The Morgan fingerprint density at radius 3 is 2.19 bits per heavy atom. The monoisotopic (exact) mass is 516 g/mol. The molecule has 0 aliphatic carbocycles. The lowest BCUT2D eigenvalue weighted by Crippen LogP contribution is -2.33. The molecule has 7 heteroatoms. The molecule has 1 unspecified atom stereocenters. The number of nitrogens with zero attached hydrogens (tertiary/aromatic N) is 2. The van der Waals surface area contributed by atoms with Crippen LogP contribution in [-0.2, 0) is 10.3 Å². The summed E-state index contributed by atoms with van der Waals surface area (Å²) in [5.74, 6) is 0.933. The van der Waals surface area contributed by atoms with Gasteiger partial charge in [-0.25, -0.2) is 4.79 Å². The molecule has 0 radical (unpaired) electrons. The fraction of sp³-hybridized carbons (Fsp3) is 0.138. The van der Waals surface area contributed by atoms with Crippen molar-refractivity contribution in [2.45, 2.75) is 5.60 Å². The molecule has 0 amide bonds. The second kappa shape index (κ2) is 8.19. The highest BCUT2D eigenvalue weighted by atomic mass is 35.5. The van der Waals surface area contributed by atoms with Gasteiger partial charge in [0.25, 0.3) is 0 Å². The first-order valence-corrected chi connectivity index (χ1v) is 12.2. The van der Waals surface area contributed by atoms with E-state index in [-0.39, 0.29) is 5.97 Å². The molecule has 36 heavy (non-hydrogen) atoms. The fourth-order valence-electron chi connectivity index (χ4n) is 4.98. The third-order valence-corrected chi connectivity index (χ3v) is 7.61. The standard InChI is InChI=1S/C29H22Cl2N2O3/c1-32(2)17-8-11-22-27(16-17)35-26-13-10-18(33(3)19-9-12-24(30)25(31)15-19)14-23(26)29(22)21-7-5-4-6-20(21)28(34)36-29/h4-16H,1-3H3. The molecular weight excluding hydrogens is 495 g/mol. The van der Waals surface area contributed by atoms with Gasteiger partial charge in [-0.1, -0.05) is 41.4 Å². The van der Waals surface area contributed by atoms with E-state index in [0.29, 0.717) is 27.1 Å². The topological polar surface area (TPSA) is 42.0 Å². The van der Waals surface area contributed by atoms with Crippen LogP contribution in [0.15, 0.2) is 78.9 Å². The molecule has 1 atom stereocenters. The summed E-state index contributed by atoms with van der Waals surface area (Å²) in [4.78, 5) is 17.1. The van der Waals surface area contributed by atoms with E-state index in [9.17, 15) is 4.79 Å². The zero-order valence-corrected chi connectivity index (χ0v) is 21.4. The van der Waals surface area contributed by atoms with E-state index in [1.165, 1.54) is 0 Å². The van der Waals surface area contributed by atoms with E-state index >= 15 is 0 Å². The number of esters is 1. The van der Waals surface area contributed by atoms with Crippen molar-refractivity contribution in [3.63, 3.8) is 0 Å². The second-order valence-corrected chi connectivity index (χ2v) is 9.95. The van der Waals surface area contributed by atoms with Crippen LogP contribution in [-0.4, -0.2) is 27.1 Å². The van der Waals surface area contributed by atoms with E-state index < -0.39 is 5.60 Å². The van der Waals surface area contributed by atoms with Crippen LogP contribution in [0.3, 0.4) is 0 Å². The highest BCUT2D eigenvalue weighted by molar-refractivity contribution is 6.42. The summed E-state index contributed by atoms with van der Waals surface area (Å²) in [6.07, 6.45) is 0. The van der Waals surface area contributed by atoms with Crippen LogP contribution in [0, 0.1) is 0 Å². The Bertz CT molecular complexity index is 1550. The number of fused-ring (bicyclic) bond motifs is 6. The first kappa shape index (κ1) is 22.8. The molecule has 2 aliphatic heterocycles. The molecule has 0 saturated heterocycles. The lowest BCUT2D eigenvalue weighted by Gasteiger charge is -2.37. The van der Waals surface area contributed by atoms with Gasteiger partial charge in [-0.2, -0.15) is 0 Å². The maximum Gasteiger partial charge on any atom is 0.340 e. The highest BCUT2D eigenvalue weighted by Gasteiger charge is 2.53. The molecule has 0 saturated carbocycles. The van der Waals surface area contributed by atoms with Gasteiger partial charge in [-0.05, 0) is 54.6 Å². The summed E-state index contributed by atoms with van der Waals surface area (Å²) in [5.41, 5.74) is 4.50. The maximum absolute atomic E-state index is 13.1. The molecule has 6 rings (SSSR count). The number of ether oxygens (including phenoxy) is 2. The van der Waals surface area contributed by atoms with Gasteiger partial charge in [0.2, 0.25) is 0 Å². The summed E-state index contributed by atoms with van der Waals surface area (Å²) in [6, 6.07) is 24.9.